The minimum atomic E-state index is -0.569. The van der Waals surface area contributed by atoms with Crippen LogP contribution < -0.4 is 5.73 Å². The van der Waals surface area contributed by atoms with E-state index in [2.05, 4.69) is 21.6 Å². The smallest absolute Gasteiger partial charge is 0.384 e. The Hall–Kier alpha value is -2.06. The monoisotopic (exact) mass is 232 g/mol. The zero-order valence-electron chi connectivity index (χ0n) is 8.48. The first-order valence-electron chi connectivity index (χ1n) is 4.45. The van der Waals surface area contributed by atoms with Gasteiger partial charge in [-0.15, -0.1) is 0 Å². The number of methoxy groups -OCH3 is 1. The van der Waals surface area contributed by atoms with Crippen molar-refractivity contribution in [3.8, 4) is 11.8 Å². The third-order valence-corrected chi connectivity index (χ3v) is 2.77. The van der Waals surface area contributed by atoms with Gasteiger partial charge in [-0.25, -0.2) is 9.78 Å². The summed E-state index contributed by atoms with van der Waals surface area (Å²) in [4.78, 5) is 15.0. The van der Waals surface area contributed by atoms with E-state index in [1.807, 2.05) is 12.1 Å². The topological polar surface area (TPSA) is 65.2 Å². The Bertz CT molecular complexity index is 607. The van der Waals surface area contributed by atoms with Gasteiger partial charge < -0.3 is 10.5 Å². The molecule has 0 atom stereocenters. The number of anilines is 1. The number of nitrogens with two attached hydrogens (primary N) is 1. The van der Waals surface area contributed by atoms with Crippen LogP contribution in [0.1, 0.15) is 5.56 Å². The summed E-state index contributed by atoms with van der Waals surface area (Å²) >= 11 is 1.39. The Morgan fingerprint density at radius 3 is 3.12 bits per heavy atom. The lowest BCUT2D eigenvalue weighted by Crippen LogP contribution is -1.94. The molecule has 0 saturated heterocycles. The maximum Gasteiger partial charge on any atom is 0.384 e. The molecular weight excluding hydrogens is 224 g/mol. The summed E-state index contributed by atoms with van der Waals surface area (Å²) in [5.74, 6) is 4.51. The second kappa shape index (κ2) is 4.21. The van der Waals surface area contributed by atoms with Crippen molar-refractivity contribution in [2.24, 2.45) is 0 Å². The maximum absolute atomic E-state index is 10.9. The number of ether oxygens (including phenoxy) is 1. The predicted molar refractivity (Wildman–Crippen MR) is 62.9 cm³/mol. The average Bonchev–Trinajstić information content (AvgIpc) is 2.66. The van der Waals surface area contributed by atoms with E-state index in [1.165, 1.54) is 18.4 Å². The fourth-order valence-corrected chi connectivity index (χ4v) is 2.00. The van der Waals surface area contributed by atoms with Crippen molar-refractivity contribution in [2.75, 3.05) is 12.8 Å². The summed E-state index contributed by atoms with van der Waals surface area (Å²) in [6.07, 6.45) is 0. The molecule has 80 valence electrons. The first kappa shape index (κ1) is 10.5. The molecule has 0 aliphatic carbocycles. The van der Waals surface area contributed by atoms with Crippen LogP contribution in [0.25, 0.3) is 10.2 Å². The molecule has 0 aliphatic rings. The molecule has 1 heterocycles. The minimum absolute atomic E-state index is 0.488. The fourth-order valence-electron chi connectivity index (χ4n) is 1.24. The SMILES string of the molecule is COC(=O)C#Cc1cccc2sc(N)nc12. The largest absolute Gasteiger partial charge is 0.459 e. The van der Waals surface area contributed by atoms with Crippen LogP contribution in [0.2, 0.25) is 0 Å². The zero-order chi connectivity index (χ0) is 11.5. The number of hydrogen-bond acceptors (Lipinski definition) is 5. The lowest BCUT2D eigenvalue weighted by atomic mass is 10.2. The number of nitrogen functional groups attached to an aromatic ring is 1. The second-order valence-electron chi connectivity index (χ2n) is 2.95. The molecule has 0 fully saturated rings. The Balaban J connectivity index is 2.51. The number of esters is 1. The fraction of sp³-hybridized carbons (Fsp3) is 0.0909. The highest BCUT2D eigenvalue weighted by molar-refractivity contribution is 7.22. The molecule has 2 N–H and O–H groups in total. The van der Waals surface area contributed by atoms with Crippen LogP contribution in [0.3, 0.4) is 0 Å². The number of hydrogen-bond donors (Lipinski definition) is 1. The van der Waals surface area contributed by atoms with Crippen LogP contribution in [-0.4, -0.2) is 18.1 Å². The Kier molecular flexibility index (Phi) is 2.75. The molecule has 16 heavy (non-hydrogen) atoms. The average molecular weight is 232 g/mol. The first-order valence-corrected chi connectivity index (χ1v) is 5.27. The van der Waals surface area contributed by atoms with E-state index < -0.39 is 5.97 Å². The molecule has 0 saturated carbocycles. The molecule has 2 aromatic rings. The maximum atomic E-state index is 10.9. The van der Waals surface area contributed by atoms with Gasteiger partial charge in [0.25, 0.3) is 0 Å². The lowest BCUT2D eigenvalue weighted by molar-refractivity contribution is -0.133. The predicted octanol–water partition coefficient (Wildman–Crippen LogP) is 1.40. The number of aromatic nitrogens is 1. The van der Waals surface area contributed by atoms with Gasteiger partial charge in [0.1, 0.15) is 0 Å². The van der Waals surface area contributed by atoms with Crippen molar-refractivity contribution in [1.82, 2.24) is 4.98 Å². The van der Waals surface area contributed by atoms with Gasteiger partial charge in [0, 0.05) is 5.92 Å². The molecule has 0 unspecified atom stereocenters. The molecule has 4 nitrogen and oxygen atoms in total. The van der Waals surface area contributed by atoms with Crippen molar-refractivity contribution in [3.05, 3.63) is 23.8 Å². The molecule has 0 spiro atoms. The zero-order valence-corrected chi connectivity index (χ0v) is 9.30. The van der Waals surface area contributed by atoms with E-state index >= 15 is 0 Å². The van der Waals surface area contributed by atoms with Crippen molar-refractivity contribution in [3.63, 3.8) is 0 Å². The van der Waals surface area contributed by atoms with E-state index in [9.17, 15) is 4.79 Å². The van der Waals surface area contributed by atoms with E-state index in [4.69, 9.17) is 5.73 Å². The summed E-state index contributed by atoms with van der Waals surface area (Å²) in [5.41, 5.74) is 7.01. The van der Waals surface area contributed by atoms with Gasteiger partial charge in [0.05, 0.1) is 22.9 Å². The number of carbonyl (C=O) groups is 1. The van der Waals surface area contributed by atoms with Crippen molar-refractivity contribution in [1.29, 1.82) is 0 Å². The molecule has 0 aliphatic heterocycles. The van der Waals surface area contributed by atoms with Gasteiger partial charge in [-0.1, -0.05) is 23.3 Å². The number of thiazole rings is 1. The molecule has 5 heteroatoms. The quantitative estimate of drug-likeness (QED) is 0.551. The molecule has 0 amide bonds. The number of nitrogens with zero attached hydrogens (tertiary/aromatic N) is 1. The molecule has 1 aromatic carbocycles. The van der Waals surface area contributed by atoms with E-state index in [1.54, 1.807) is 6.07 Å². The Labute approximate surface area is 96.0 Å². The van der Waals surface area contributed by atoms with Crippen LogP contribution in [-0.2, 0) is 9.53 Å². The molecule has 2 rings (SSSR count). The van der Waals surface area contributed by atoms with Gasteiger partial charge in [-0.3, -0.25) is 0 Å². The molecule has 0 radical (unpaired) electrons. The van der Waals surface area contributed by atoms with Crippen LogP contribution in [0, 0.1) is 11.8 Å². The summed E-state index contributed by atoms with van der Waals surface area (Å²) in [6.45, 7) is 0. The summed E-state index contributed by atoms with van der Waals surface area (Å²) < 4.78 is 5.39. The highest BCUT2D eigenvalue weighted by Gasteiger charge is 2.04. The van der Waals surface area contributed by atoms with E-state index in [0.29, 0.717) is 10.7 Å². The first-order chi connectivity index (χ1) is 7.70. The third kappa shape index (κ3) is 1.97. The second-order valence-corrected chi connectivity index (χ2v) is 4.01. The molecule has 1 aromatic heterocycles. The Morgan fingerprint density at radius 1 is 1.56 bits per heavy atom. The van der Waals surface area contributed by atoms with Crippen molar-refractivity contribution < 1.29 is 9.53 Å². The van der Waals surface area contributed by atoms with Crippen molar-refractivity contribution >= 4 is 32.7 Å². The van der Waals surface area contributed by atoms with Gasteiger partial charge in [-0.2, -0.15) is 0 Å². The highest BCUT2D eigenvalue weighted by atomic mass is 32.1. The minimum Gasteiger partial charge on any atom is -0.459 e. The van der Waals surface area contributed by atoms with E-state index in [-0.39, 0.29) is 0 Å². The standard InChI is InChI=1S/C11H8N2O2S/c1-15-9(14)6-5-7-3-2-4-8-10(7)13-11(12)16-8/h2-4H,1H3,(H2,12,13). The van der Waals surface area contributed by atoms with Gasteiger partial charge >= 0.3 is 5.97 Å². The van der Waals surface area contributed by atoms with Crippen LogP contribution in [0.5, 0.6) is 0 Å². The third-order valence-electron chi connectivity index (χ3n) is 1.92. The molecule has 0 bridgehead atoms. The van der Waals surface area contributed by atoms with Crippen molar-refractivity contribution in [2.45, 2.75) is 0 Å². The molecular formula is C11H8N2O2S. The number of benzene rings is 1. The number of carbonyl (C=O) groups excluding carboxylic acids is 1. The summed E-state index contributed by atoms with van der Waals surface area (Å²) in [5, 5.41) is 0.488. The Morgan fingerprint density at radius 2 is 2.38 bits per heavy atom. The van der Waals surface area contributed by atoms with Gasteiger partial charge in [0.2, 0.25) is 0 Å². The van der Waals surface area contributed by atoms with Crippen LogP contribution >= 0.6 is 11.3 Å². The van der Waals surface area contributed by atoms with Crippen LogP contribution in [0.4, 0.5) is 5.13 Å². The summed E-state index contributed by atoms with van der Waals surface area (Å²) in [6, 6.07) is 5.55. The van der Waals surface area contributed by atoms with Crippen LogP contribution in [0.15, 0.2) is 18.2 Å². The number of para-hydroxylation sites is 1. The normalized spacial score (nSPS) is 9.56. The highest BCUT2D eigenvalue weighted by Crippen LogP contribution is 2.25. The summed E-state index contributed by atoms with van der Waals surface area (Å²) in [7, 11) is 1.29. The van der Waals surface area contributed by atoms with Gasteiger partial charge in [0.15, 0.2) is 5.13 Å². The van der Waals surface area contributed by atoms with E-state index in [0.717, 1.165) is 10.2 Å². The number of rotatable bonds is 0. The lowest BCUT2D eigenvalue weighted by Gasteiger charge is -1.91. The number of fused-ring (bicyclic) bond motifs is 1. The van der Waals surface area contributed by atoms with Gasteiger partial charge in [-0.05, 0) is 12.1 Å².